The number of Topliss-reactive ketones (excluding diaryl/α,β-unsaturated/α-hetero) is 1. The van der Waals surface area contributed by atoms with Gasteiger partial charge in [0.25, 0.3) is 0 Å². The minimum atomic E-state index is -0.249. The Morgan fingerprint density at radius 2 is 1.83 bits per heavy atom. The zero-order chi connectivity index (χ0) is 25.4. The Balaban J connectivity index is 1.43. The van der Waals surface area contributed by atoms with Crippen LogP contribution in [-0.4, -0.2) is 29.6 Å². The third-order valence-electron chi connectivity index (χ3n) is 7.90. The molecule has 0 spiro atoms. The lowest BCUT2D eigenvalue weighted by Gasteiger charge is -2.25. The number of ketones is 1. The molecule has 3 aromatic carbocycles. The number of hydrogen-bond donors (Lipinski definition) is 2. The van der Waals surface area contributed by atoms with Crippen molar-refractivity contribution in [2.45, 2.75) is 39.5 Å². The number of methoxy groups -OCH3 is 1. The number of fused-ring (bicyclic) bond motifs is 1. The lowest BCUT2D eigenvalue weighted by atomic mass is 9.79. The van der Waals surface area contributed by atoms with Gasteiger partial charge in [0.2, 0.25) is 0 Å². The predicted molar refractivity (Wildman–Crippen MR) is 141 cm³/mol. The highest BCUT2D eigenvalue weighted by molar-refractivity contribution is 6.01. The third-order valence-corrected chi connectivity index (χ3v) is 7.90. The van der Waals surface area contributed by atoms with Crippen molar-refractivity contribution in [3.05, 3.63) is 88.9 Å². The van der Waals surface area contributed by atoms with Gasteiger partial charge in [-0.2, -0.15) is 0 Å². The number of rotatable bonds is 9. The molecular weight excluding hydrogens is 453 g/mol. The number of carbonyl (C=O) groups excluding carboxylic acids is 1. The van der Waals surface area contributed by atoms with Crippen LogP contribution in [0, 0.1) is 31.0 Å². The molecule has 1 fully saturated rings. The van der Waals surface area contributed by atoms with Gasteiger partial charge in [-0.05, 0) is 103 Å². The number of para-hydroxylation sites is 1. The minimum absolute atomic E-state index is 0.00400. The summed E-state index contributed by atoms with van der Waals surface area (Å²) in [5.41, 5.74) is 5.74. The summed E-state index contributed by atoms with van der Waals surface area (Å²) in [5.74, 6) is 0.345. The first-order valence-corrected chi connectivity index (χ1v) is 12.5. The second kappa shape index (κ2) is 9.55. The smallest absolute Gasteiger partial charge is 0.167 e. The van der Waals surface area contributed by atoms with Crippen LogP contribution in [0.5, 0.6) is 5.75 Å². The number of halogens is 1. The Bertz CT molecular complexity index is 1430. The van der Waals surface area contributed by atoms with E-state index >= 15 is 0 Å². The Morgan fingerprint density at radius 3 is 2.53 bits per heavy atom. The van der Waals surface area contributed by atoms with Gasteiger partial charge in [0.05, 0.1) is 12.7 Å². The molecule has 2 N–H and O–H groups in total. The van der Waals surface area contributed by atoms with Gasteiger partial charge in [-0.15, -0.1) is 0 Å². The highest BCUT2D eigenvalue weighted by atomic mass is 19.1. The summed E-state index contributed by atoms with van der Waals surface area (Å²) in [6.45, 7) is 3.70. The van der Waals surface area contributed by atoms with Gasteiger partial charge in [-0.25, -0.2) is 4.39 Å². The lowest BCUT2D eigenvalue weighted by Crippen LogP contribution is -2.25. The molecule has 0 radical (unpaired) electrons. The number of aromatic amines is 1. The topological polar surface area (TPSA) is 62.3 Å². The number of aliphatic hydroxyl groups excluding tert-OH is 1. The lowest BCUT2D eigenvalue weighted by molar-refractivity contribution is 0.0891. The number of aryl methyl sites for hydroxylation is 2. The highest BCUT2D eigenvalue weighted by Crippen LogP contribution is 2.56. The van der Waals surface area contributed by atoms with Gasteiger partial charge in [0.1, 0.15) is 11.6 Å². The number of ether oxygens (including phenoxy) is 1. The number of aliphatic hydroxyl groups is 1. The van der Waals surface area contributed by atoms with Crippen LogP contribution in [0.25, 0.3) is 22.0 Å². The van der Waals surface area contributed by atoms with E-state index in [4.69, 9.17) is 4.74 Å². The summed E-state index contributed by atoms with van der Waals surface area (Å²) in [4.78, 5) is 17.1. The summed E-state index contributed by atoms with van der Waals surface area (Å²) in [6, 6.07) is 17.0. The van der Waals surface area contributed by atoms with Crippen molar-refractivity contribution in [2.24, 2.45) is 11.3 Å². The van der Waals surface area contributed by atoms with Crippen LogP contribution in [0.15, 0.2) is 60.8 Å². The monoisotopic (exact) mass is 485 g/mol. The van der Waals surface area contributed by atoms with E-state index in [-0.39, 0.29) is 29.5 Å². The molecule has 1 aliphatic carbocycles. The van der Waals surface area contributed by atoms with E-state index in [0.29, 0.717) is 23.3 Å². The normalized spacial score (nSPS) is 15.1. The Kier molecular flexibility index (Phi) is 6.44. The van der Waals surface area contributed by atoms with E-state index in [1.54, 1.807) is 26.2 Å². The van der Waals surface area contributed by atoms with Crippen LogP contribution in [-0.2, 0) is 6.42 Å². The molecule has 1 saturated carbocycles. The largest absolute Gasteiger partial charge is 0.496 e. The Labute approximate surface area is 211 Å². The quantitative estimate of drug-likeness (QED) is 0.256. The van der Waals surface area contributed by atoms with Crippen molar-refractivity contribution in [3.63, 3.8) is 0 Å². The fourth-order valence-corrected chi connectivity index (χ4v) is 5.59. The predicted octanol–water partition coefficient (Wildman–Crippen LogP) is 6.80. The average molecular weight is 486 g/mol. The first-order chi connectivity index (χ1) is 17.3. The van der Waals surface area contributed by atoms with Crippen molar-refractivity contribution in [1.82, 2.24) is 4.98 Å². The summed E-state index contributed by atoms with van der Waals surface area (Å²) in [7, 11) is 1.58. The fourth-order valence-electron chi connectivity index (χ4n) is 5.59. The van der Waals surface area contributed by atoms with Crippen molar-refractivity contribution >= 4 is 16.7 Å². The summed E-state index contributed by atoms with van der Waals surface area (Å²) >= 11 is 0. The van der Waals surface area contributed by atoms with Gasteiger partial charge in [0.15, 0.2) is 5.78 Å². The van der Waals surface area contributed by atoms with Crippen LogP contribution in [0.4, 0.5) is 4.39 Å². The second-order valence-electron chi connectivity index (χ2n) is 10.2. The van der Waals surface area contributed by atoms with Gasteiger partial charge >= 0.3 is 0 Å². The second-order valence-corrected chi connectivity index (χ2v) is 10.2. The molecule has 36 heavy (non-hydrogen) atoms. The molecule has 1 aromatic heterocycles. The van der Waals surface area contributed by atoms with E-state index in [1.165, 1.54) is 11.6 Å². The fraction of sp³-hybridized carbons (Fsp3) is 0.323. The number of benzene rings is 3. The molecule has 1 atom stereocenters. The van der Waals surface area contributed by atoms with Gasteiger partial charge in [0, 0.05) is 30.1 Å². The number of aromatic nitrogens is 1. The van der Waals surface area contributed by atoms with Crippen LogP contribution in [0.1, 0.15) is 46.3 Å². The molecule has 0 aliphatic heterocycles. The average Bonchev–Trinajstić information content (AvgIpc) is 3.54. The zero-order valence-electron chi connectivity index (χ0n) is 21.0. The van der Waals surface area contributed by atoms with E-state index in [2.05, 4.69) is 11.1 Å². The molecular formula is C31H32FNO3. The number of carbonyl (C=O) groups is 1. The van der Waals surface area contributed by atoms with Crippen LogP contribution in [0.3, 0.4) is 0 Å². The first kappa shape index (κ1) is 24.3. The first-order valence-electron chi connectivity index (χ1n) is 12.5. The molecule has 186 valence electrons. The van der Waals surface area contributed by atoms with E-state index in [0.717, 1.165) is 46.9 Å². The molecule has 5 rings (SSSR count). The number of hydrogen-bond acceptors (Lipinski definition) is 3. The molecule has 0 amide bonds. The molecule has 1 unspecified atom stereocenters. The molecule has 1 aliphatic rings. The molecule has 5 heteroatoms. The Morgan fingerprint density at radius 1 is 1.08 bits per heavy atom. The summed E-state index contributed by atoms with van der Waals surface area (Å²) < 4.78 is 19.5. The molecule has 0 bridgehead atoms. The molecule has 4 nitrogen and oxygen atoms in total. The molecule has 1 heterocycles. The van der Waals surface area contributed by atoms with Crippen molar-refractivity contribution in [3.8, 4) is 16.9 Å². The molecule has 4 aromatic rings. The third kappa shape index (κ3) is 4.44. The number of nitrogens with one attached hydrogen (secondary N) is 1. The maximum Gasteiger partial charge on any atom is 0.167 e. The highest BCUT2D eigenvalue weighted by Gasteiger charge is 2.50. The SMILES string of the molecule is COc1c(C)cc(-c2ccc(F)c(C)c2)cc1C(=O)CC1(C(CO)Cc2c[nH]c3ccccc23)CC1. The minimum Gasteiger partial charge on any atom is -0.496 e. The van der Waals surface area contributed by atoms with E-state index < -0.39 is 0 Å². The van der Waals surface area contributed by atoms with Gasteiger partial charge in [-0.1, -0.05) is 24.3 Å². The molecule has 0 saturated heterocycles. The van der Waals surface area contributed by atoms with Crippen molar-refractivity contribution in [1.29, 1.82) is 0 Å². The van der Waals surface area contributed by atoms with Gasteiger partial charge in [-0.3, -0.25) is 4.79 Å². The van der Waals surface area contributed by atoms with Crippen LogP contribution in [0.2, 0.25) is 0 Å². The number of H-pyrrole nitrogens is 1. The summed E-state index contributed by atoms with van der Waals surface area (Å²) in [6.07, 6.45) is 4.95. The van der Waals surface area contributed by atoms with Crippen LogP contribution >= 0.6 is 0 Å². The van der Waals surface area contributed by atoms with Crippen molar-refractivity contribution in [2.75, 3.05) is 13.7 Å². The summed E-state index contributed by atoms with van der Waals surface area (Å²) in [5, 5.41) is 11.5. The van der Waals surface area contributed by atoms with Crippen LogP contribution < -0.4 is 4.74 Å². The standard InChI is InChI=1S/C31H32FNO3/c1-19-12-21(8-9-27(19)32)22-13-20(2)30(36-3)26(15-22)29(35)16-31(10-11-31)24(18-34)14-23-17-33-28-7-5-4-6-25(23)28/h4-9,12-13,15,17,24,33-34H,10-11,14,16,18H2,1-3H3. The zero-order valence-corrected chi connectivity index (χ0v) is 21.0. The van der Waals surface area contributed by atoms with Gasteiger partial charge < -0.3 is 14.8 Å². The van der Waals surface area contributed by atoms with Crippen molar-refractivity contribution < 1.29 is 19.0 Å². The maximum absolute atomic E-state index is 13.8. The Hall–Kier alpha value is -3.44. The maximum atomic E-state index is 13.8. The van der Waals surface area contributed by atoms with E-state index in [9.17, 15) is 14.3 Å². The van der Waals surface area contributed by atoms with E-state index in [1.807, 2.05) is 43.5 Å².